The average molecular weight is 294 g/mol. The Bertz CT molecular complexity index is 632. The molecule has 0 aromatic rings. The standard InChI is InChI=1S/C15H18O6/c1-11-6-19-9(16)12(11,2)7-4-14(7)13(3)8(20-13)5-15(11,14)21-10(17)18/h7-8H,4-6H2,1-3H3,(H,17,18)/t7?,8?,11-,12+,13-,14-,15+/m1/s1. The van der Waals surface area contributed by atoms with Gasteiger partial charge in [-0.1, -0.05) is 6.92 Å². The topological polar surface area (TPSA) is 85.4 Å². The van der Waals surface area contributed by atoms with E-state index in [4.69, 9.17) is 14.2 Å². The molecule has 114 valence electrons. The van der Waals surface area contributed by atoms with Gasteiger partial charge >= 0.3 is 12.1 Å². The molecule has 5 fully saturated rings. The summed E-state index contributed by atoms with van der Waals surface area (Å²) in [6, 6.07) is 0. The van der Waals surface area contributed by atoms with Crippen molar-refractivity contribution in [2.24, 2.45) is 22.2 Å². The average Bonchev–Trinajstić information content (AvgIpc) is 3.23. The Balaban J connectivity index is 1.77. The highest BCUT2D eigenvalue weighted by atomic mass is 16.7. The Morgan fingerprint density at radius 1 is 1.33 bits per heavy atom. The third kappa shape index (κ3) is 0.801. The zero-order valence-corrected chi connectivity index (χ0v) is 12.3. The van der Waals surface area contributed by atoms with Crippen molar-refractivity contribution in [3.8, 4) is 0 Å². The number of esters is 1. The fourth-order valence-electron chi connectivity index (χ4n) is 6.60. The molecule has 5 rings (SSSR count). The molecule has 0 bridgehead atoms. The minimum atomic E-state index is -1.27. The highest BCUT2D eigenvalue weighted by Crippen LogP contribution is 2.93. The van der Waals surface area contributed by atoms with Crippen molar-refractivity contribution in [3.63, 3.8) is 0 Å². The first-order chi connectivity index (χ1) is 9.70. The van der Waals surface area contributed by atoms with Crippen molar-refractivity contribution in [1.29, 1.82) is 0 Å². The second kappa shape index (κ2) is 2.69. The maximum absolute atomic E-state index is 12.4. The maximum Gasteiger partial charge on any atom is 0.506 e. The molecule has 7 atom stereocenters. The van der Waals surface area contributed by atoms with Crippen molar-refractivity contribution >= 4 is 12.1 Å². The van der Waals surface area contributed by atoms with Gasteiger partial charge in [-0.3, -0.25) is 4.79 Å². The van der Waals surface area contributed by atoms with Crippen LogP contribution in [0, 0.1) is 22.2 Å². The third-order valence-electron chi connectivity index (χ3n) is 7.90. The van der Waals surface area contributed by atoms with Crippen LogP contribution in [0.3, 0.4) is 0 Å². The first-order valence-corrected chi connectivity index (χ1v) is 7.47. The molecule has 3 saturated carbocycles. The lowest BCUT2D eigenvalue weighted by atomic mass is 9.59. The second-order valence-corrected chi connectivity index (χ2v) is 7.95. The van der Waals surface area contributed by atoms with E-state index >= 15 is 0 Å². The van der Waals surface area contributed by atoms with Crippen LogP contribution in [-0.4, -0.2) is 41.1 Å². The zero-order valence-electron chi connectivity index (χ0n) is 12.3. The highest BCUT2D eigenvalue weighted by Gasteiger charge is 3.02. The summed E-state index contributed by atoms with van der Waals surface area (Å²) in [5, 5.41) is 9.33. The second-order valence-electron chi connectivity index (χ2n) is 7.95. The Hall–Kier alpha value is -1.30. The van der Waals surface area contributed by atoms with Crippen LogP contribution in [0.2, 0.25) is 0 Å². The van der Waals surface area contributed by atoms with Gasteiger partial charge < -0.3 is 19.3 Å². The van der Waals surface area contributed by atoms with E-state index in [0.29, 0.717) is 6.42 Å². The Labute approximate surface area is 121 Å². The Kier molecular flexibility index (Phi) is 1.57. The lowest BCUT2D eigenvalue weighted by Gasteiger charge is -2.47. The molecule has 2 heterocycles. The number of epoxide rings is 1. The van der Waals surface area contributed by atoms with Crippen molar-refractivity contribution in [3.05, 3.63) is 0 Å². The largest absolute Gasteiger partial charge is 0.506 e. The molecule has 1 spiro atoms. The Morgan fingerprint density at radius 2 is 2.05 bits per heavy atom. The summed E-state index contributed by atoms with van der Waals surface area (Å²) < 4.78 is 16.8. The predicted octanol–water partition coefficient (Wildman–Crippen LogP) is 1.57. The lowest BCUT2D eigenvalue weighted by Crippen LogP contribution is -2.58. The number of ether oxygens (including phenoxy) is 3. The summed E-state index contributed by atoms with van der Waals surface area (Å²) >= 11 is 0. The molecule has 0 aromatic heterocycles. The number of rotatable bonds is 1. The molecule has 2 saturated heterocycles. The summed E-state index contributed by atoms with van der Waals surface area (Å²) in [5.41, 5.74) is -2.86. The third-order valence-corrected chi connectivity index (χ3v) is 7.90. The number of cyclic esters (lactones) is 1. The summed E-state index contributed by atoms with van der Waals surface area (Å²) in [7, 11) is 0. The van der Waals surface area contributed by atoms with E-state index in [1.54, 1.807) is 0 Å². The summed E-state index contributed by atoms with van der Waals surface area (Å²) in [6.07, 6.45) is 0.0948. The SMILES string of the molecule is C[C@@]12COC(=O)[C@]1(C)C1C[C@@]13[C@]2(OC(=O)O)CC1O[C@]13C. The fraction of sp³-hybridized carbons (Fsp3) is 0.867. The highest BCUT2D eigenvalue weighted by molar-refractivity contribution is 5.84. The van der Waals surface area contributed by atoms with Gasteiger partial charge in [0.25, 0.3) is 0 Å². The molecule has 3 aliphatic carbocycles. The molecule has 6 nitrogen and oxygen atoms in total. The number of hydrogen-bond acceptors (Lipinski definition) is 5. The summed E-state index contributed by atoms with van der Waals surface area (Å²) in [6.45, 7) is 6.16. The predicted molar refractivity (Wildman–Crippen MR) is 67.4 cm³/mol. The first-order valence-electron chi connectivity index (χ1n) is 7.47. The first kappa shape index (κ1) is 12.3. The molecule has 21 heavy (non-hydrogen) atoms. The van der Waals surface area contributed by atoms with Crippen molar-refractivity contribution < 1.29 is 28.9 Å². The molecular weight excluding hydrogens is 276 g/mol. The summed E-state index contributed by atoms with van der Waals surface area (Å²) in [5.74, 6) is -0.128. The molecule has 6 heteroatoms. The van der Waals surface area contributed by atoms with Crippen LogP contribution in [0.1, 0.15) is 33.6 Å². The van der Waals surface area contributed by atoms with Crippen LogP contribution < -0.4 is 0 Å². The van der Waals surface area contributed by atoms with E-state index in [1.165, 1.54) is 0 Å². The molecule has 0 amide bonds. The minimum Gasteiger partial charge on any atom is -0.464 e. The van der Waals surface area contributed by atoms with Crippen molar-refractivity contribution in [2.75, 3.05) is 6.61 Å². The number of fused-ring (bicyclic) bond motifs is 4. The van der Waals surface area contributed by atoms with Crippen LogP contribution in [0.25, 0.3) is 0 Å². The molecule has 0 radical (unpaired) electrons. The number of carbonyl (C=O) groups excluding carboxylic acids is 1. The van der Waals surface area contributed by atoms with E-state index in [0.717, 1.165) is 6.42 Å². The van der Waals surface area contributed by atoms with Crippen LogP contribution in [0.5, 0.6) is 0 Å². The fourth-order valence-corrected chi connectivity index (χ4v) is 6.60. The molecule has 5 aliphatic rings. The van der Waals surface area contributed by atoms with E-state index in [9.17, 15) is 14.7 Å². The maximum atomic E-state index is 12.4. The van der Waals surface area contributed by atoms with Crippen LogP contribution >= 0.6 is 0 Å². The number of carboxylic acid groups (broad SMARTS) is 1. The molecule has 2 unspecified atom stereocenters. The smallest absolute Gasteiger partial charge is 0.464 e. The van der Waals surface area contributed by atoms with E-state index < -0.39 is 22.6 Å². The van der Waals surface area contributed by atoms with Gasteiger partial charge in [0.1, 0.15) is 17.8 Å². The monoisotopic (exact) mass is 294 g/mol. The lowest BCUT2D eigenvalue weighted by molar-refractivity contribution is -0.159. The minimum absolute atomic E-state index is 0.0407. The number of hydrogen-bond donors (Lipinski definition) is 1. The summed E-state index contributed by atoms with van der Waals surface area (Å²) in [4.78, 5) is 23.8. The van der Waals surface area contributed by atoms with E-state index in [2.05, 4.69) is 0 Å². The van der Waals surface area contributed by atoms with Gasteiger partial charge in [0, 0.05) is 11.8 Å². The van der Waals surface area contributed by atoms with Gasteiger partial charge in [0.15, 0.2) is 0 Å². The van der Waals surface area contributed by atoms with Gasteiger partial charge in [-0.15, -0.1) is 0 Å². The molecule has 2 aliphatic heterocycles. The van der Waals surface area contributed by atoms with Crippen LogP contribution in [0.4, 0.5) is 4.79 Å². The van der Waals surface area contributed by atoms with Crippen molar-refractivity contribution in [2.45, 2.75) is 50.9 Å². The van der Waals surface area contributed by atoms with Gasteiger partial charge in [-0.25, -0.2) is 4.79 Å². The molecule has 0 aromatic carbocycles. The van der Waals surface area contributed by atoms with E-state index in [1.807, 2.05) is 20.8 Å². The van der Waals surface area contributed by atoms with Gasteiger partial charge in [0.05, 0.1) is 16.9 Å². The van der Waals surface area contributed by atoms with Crippen LogP contribution in [0.15, 0.2) is 0 Å². The van der Waals surface area contributed by atoms with E-state index in [-0.39, 0.29) is 35.6 Å². The van der Waals surface area contributed by atoms with Crippen LogP contribution in [-0.2, 0) is 19.0 Å². The van der Waals surface area contributed by atoms with Gasteiger partial charge in [-0.05, 0) is 26.2 Å². The van der Waals surface area contributed by atoms with Gasteiger partial charge in [-0.2, -0.15) is 0 Å². The normalized spacial score (nSPS) is 65.0. The van der Waals surface area contributed by atoms with Crippen molar-refractivity contribution in [1.82, 2.24) is 0 Å². The Morgan fingerprint density at radius 3 is 2.71 bits per heavy atom. The quantitative estimate of drug-likeness (QED) is 0.583. The molecular formula is C15H18O6. The zero-order chi connectivity index (χ0) is 15.1. The van der Waals surface area contributed by atoms with Gasteiger partial charge in [0.2, 0.25) is 0 Å². The number of carbonyl (C=O) groups is 2. The molecule has 1 N–H and O–H groups in total.